The highest BCUT2D eigenvalue weighted by Crippen LogP contribution is 2.25. The second kappa shape index (κ2) is 12.1. The van der Waals surface area contributed by atoms with Gasteiger partial charge in [0.25, 0.3) is 5.91 Å². The zero-order valence-electron chi connectivity index (χ0n) is 19.0. The molecule has 3 rings (SSSR count). The summed E-state index contributed by atoms with van der Waals surface area (Å²) < 4.78 is 10.7. The van der Waals surface area contributed by atoms with Gasteiger partial charge in [0, 0.05) is 18.3 Å². The molecule has 3 amide bonds. The minimum atomic E-state index is -0.450. The van der Waals surface area contributed by atoms with Gasteiger partial charge in [-0.1, -0.05) is 48.5 Å². The second-order valence-corrected chi connectivity index (χ2v) is 7.48. The van der Waals surface area contributed by atoms with Crippen LogP contribution in [0, 0.1) is 0 Å². The number of nitrogens with one attached hydrogen (secondary N) is 3. The van der Waals surface area contributed by atoms with Crippen molar-refractivity contribution in [3.8, 4) is 11.5 Å². The summed E-state index contributed by atoms with van der Waals surface area (Å²) in [5.41, 5.74) is 1.86. The van der Waals surface area contributed by atoms with E-state index >= 15 is 0 Å². The highest BCUT2D eigenvalue weighted by atomic mass is 16.5. The van der Waals surface area contributed by atoms with Crippen LogP contribution in [0.15, 0.2) is 78.9 Å². The zero-order valence-corrected chi connectivity index (χ0v) is 19.0. The fraction of sp³-hybridized carbons (Fsp3) is 0.192. The molecule has 1 unspecified atom stereocenters. The molecule has 0 aromatic heterocycles. The molecule has 0 spiro atoms. The number of para-hydroxylation sites is 2. The average Bonchev–Trinajstić information content (AvgIpc) is 2.83. The highest BCUT2D eigenvalue weighted by Gasteiger charge is 2.17. The monoisotopic (exact) mass is 461 g/mol. The van der Waals surface area contributed by atoms with Crippen LogP contribution in [0.1, 0.15) is 24.9 Å². The molecule has 8 nitrogen and oxygen atoms in total. The van der Waals surface area contributed by atoms with Gasteiger partial charge in [0.1, 0.15) is 0 Å². The van der Waals surface area contributed by atoms with E-state index in [2.05, 4.69) is 16.0 Å². The molecule has 0 aliphatic rings. The molecule has 176 valence electrons. The molecule has 0 fully saturated rings. The second-order valence-electron chi connectivity index (χ2n) is 7.48. The molecule has 1 atom stereocenters. The lowest BCUT2D eigenvalue weighted by molar-refractivity contribution is -0.121. The number of ether oxygens (including phenoxy) is 2. The number of methoxy groups -OCH3 is 1. The van der Waals surface area contributed by atoms with Crippen molar-refractivity contribution in [1.82, 2.24) is 5.32 Å². The molecule has 0 heterocycles. The van der Waals surface area contributed by atoms with Gasteiger partial charge in [0.05, 0.1) is 19.6 Å². The van der Waals surface area contributed by atoms with Crippen molar-refractivity contribution in [2.24, 2.45) is 0 Å². The van der Waals surface area contributed by atoms with Crippen molar-refractivity contribution >= 4 is 29.1 Å². The predicted octanol–water partition coefficient (Wildman–Crippen LogP) is 3.92. The zero-order chi connectivity index (χ0) is 24.3. The summed E-state index contributed by atoms with van der Waals surface area (Å²) in [6.07, 6.45) is 0.0624. The van der Waals surface area contributed by atoms with E-state index < -0.39 is 6.04 Å². The van der Waals surface area contributed by atoms with E-state index in [1.807, 2.05) is 36.4 Å². The standard InChI is InChI=1S/C26H27N3O5/c1-18(30)27-22(19-9-4-3-5-10-19)16-25(31)28-20-11-8-12-21(15-20)29-26(32)17-34-24-14-7-6-13-23(24)33-2/h3-15,22H,16-17H2,1-2H3,(H,27,30)(H,28,31)(H,29,32). The lowest BCUT2D eigenvalue weighted by Gasteiger charge is -2.18. The van der Waals surface area contributed by atoms with E-state index in [0.717, 1.165) is 5.56 Å². The van der Waals surface area contributed by atoms with Gasteiger partial charge >= 0.3 is 0 Å². The third-order valence-corrected chi connectivity index (χ3v) is 4.83. The van der Waals surface area contributed by atoms with Gasteiger partial charge in [0.2, 0.25) is 11.8 Å². The van der Waals surface area contributed by atoms with Gasteiger partial charge in [-0.15, -0.1) is 0 Å². The van der Waals surface area contributed by atoms with Gasteiger partial charge in [-0.25, -0.2) is 0 Å². The van der Waals surface area contributed by atoms with Crippen LogP contribution in [-0.4, -0.2) is 31.4 Å². The van der Waals surface area contributed by atoms with E-state index in [1.165, 1.54) is 14.0 Å². The minimum absolute atomic E-state index is 0.0624. The summed E-state index contributed by atoms with van der Waals surface area (Å²) in [5, 5.41) is 8.36. The molecule has 3 aromatic carbocycles. The summed E-state index contributed by atoms with van der Waals surface area (Å²) in [6.45, 7) is 1.21. The minimum Gasteiger partial charge on any atom is -0.493 e. The molecule has 0 saturated carbocycles. The summed E-state index contributed by atoms with van der Waals surface area (Å²) in [6, 6.07) is 22.7. The van der Waals surface area contributed by atoms with Gasteiger partial charge in [0.15, 0.2) is 18.1 Å². The van der Waals surface area contributed by atoms with E-state index in [1.54, 1.807) is 42.5 Å². The van der Waals surface area contributed by atoms with Gasteiger partial charge in [-0.05, 0) is 35.9 Å². The van der Waals surface area contributed by atoms with Crippen molar-refractivity contribution in [3.05, 3.63) is 84.4 Å². The molecule has 0 radical (unpaired) electrons. The van der Waals surface area contributed by atoms with Gasteiger partial charge in [-0.2, -0.15) is 0 Å². The lowest BCUT2D eigenvalue weighted by Crippen LogP contribution is -2.29. The van der Waals surface area contributed by atoms with Crippen molar-refractivity contribution in [2.75, 3.05) is 24.4 Å². The molecule has 0 bridgehead atoms. The van der Waals surface area contributed by atoms with Crippen LogP contribution in [0.2, 0.25) is 0 Å². The summed E-state index contributed by atoms with van der Waals surface area (Å²) in [4.78, 5) is 36.6. The lowest BCUT2D eigenvalue weighted by atomic mass is 10.0. The average molecular weight is 462 g/mol. The number of hydrogen-bond acceptors (Lipinski definition) is 5. The largest absolute Gasteiger partial charge is 0.493 e. The molecular weight excluding hydrogens is 434 g/mol. The number of hydrogen-bond donors (Lipinski definition) is 3. The number of carbonyl (C=O) groups is 3. The molecule has 0 aliphatic carbocycles. The van der Waals surface area contributed by atoms with Gasteiger partial charge < -0.3 is 25.4 Å². The van der Waals surface area contributed by atoms with Gasteiger partial charge in [-0.3, -0.25) is 14.4 Å². The predicted molar refractivity (Wildman–Crippen MR) is 130 cm³/mol. The Morgan fingerprint density at radius 3 is 2.06 bits per heavy atom. The molecule has 8 heteroatoms. The Bertz CT molecular complexity index is 1130. The van der Waals surface area contributed by atoms with E-state index in [0.29, 0.717) is 22.9 Å². The topological polar surface area (TPSA) is 106 Å². The van der Waals surface area contributed by atoms with Crippen LogP contribution >= 0.6 is 0 Å². The van der Waals surface area contributed by atoms with Crippen LogP contribution in [0.3, 0.4) is 0 Å². The van der Waals surface area contributed by atoms with E-state index in [4.69, 9.17) is 9.47 Å². The van der Waals surface area contributed by atoms with E-state index in [9.17, 15) is 14.4 Å². The molecule has 34 heavy (non-hydrogen) atoms. The first-order valence-corrected chi connectivity index (χ1v) is 10.7. The highest BCUT2D eigenvalue weighted by molar-refractivity contribution is 5.95. The van der Waals surface area contributed by atoms with Crippen molar-refractivity contribution in [3.63, 3.8) is 0 Å². The third kappa shape index (κ3) is 7.37. The molecule has 0 aliphatic heterocycles. The molecule has 0 saturated heterocycles. The van der Waals surface area contributed by atoms with Crippen molar-refractivity contribution < 1.29 is 23.9 Å². The maximum absolute atomic E-state index is 12.6. The Morgan fingerprint density at radius 1 is 0.794 bits per heavy atom. The van der Waals surface area contributed by atoms with Crippen LogP contribution < -0.4 is 25.4 Å². The maximum atomic E-state index is 12.6. The fourth-order valence-electron chi connectivity index (χ4n) is 3.33. The Labute approximate surface area is 198 Å². The number of carbonyl (C=O) groups excluding carboxylic acids is 3. The van der Waals surface area contributed by atoms with Crippen LogP contribution in [0.25, 0.3) is 0 Å². The fourth-order valence-corrected chi connectivity index (χ4v) is 3.33. The summed E-state index contributed by atoms with van der Waals surface area (Å²) in [7, 11) is 1.53. The summed E-state index contributed by atoms with van der Waals surface area (Å²) in [5.74, 6) is 0.151. The molecule has 3 N–H and O–H groups in total. The number of rotatable bonds is 10. The Morgan fingerprint density at radius 2 is 1.41 bits per heavy atom. The van der Waals surface area contributed by atoms with Crippen LogP contribution in [0.5, 0.6) is 11.5 Å². The number of anilines is 2. The van der Waals surface area contributed by atoms with Crippen molar-refractivity contribution in [1.29, 1.82) is 0 Å². The summed E-state index contributed by atoms with van der Waals surface area (Å²) >= 11 is 0. The van der Waals surface area contributed by atoms with Crippen LogP contribution in [-0.2, 0) is 14.4 Å². The SMILES string of the molecule is COc1ccccc1OCC(=O)Nc1cccc(NC(=O)CC(NC(C)=O)c2ccccc2)c1. The Kier molecular flexibility index (Phi) is 8.62. The van der Waals surface area contributed by atoms with Crippen LogP contribution in [0.4, 0.5) is 11.4 Å². The first-order valence-electron chi connectivity index (χ1n) is 10.7. The molecule has 3 aromatic rings. The number of amides is 3. The Balaban J connectivity index is 1.57. The molecular formula is C26H27N3O5. The Hall–Kier alpha value is -4.33. The number of benzene rings is 3. The normalized spacial score (nSPS) is 11.1. The third-order valence-electron chi connectivity index (χ3n) is 4.83. The smallest absolute Gasteiger partial charge is 0.262 e. The first kappa shape index (κ1) is 24.3. The van der Waals surface area contributed by atoms with E-state index in [-0.39, 0.29) is 30.7 Å². The maximum Gasteiger partial charge on any atom is 0.262 e. The first-order chi connectivity index (χ1) is 16.4. The van der Waals surface area contributed by atoms with Crippen molar-refractivity contribution in [2.45, 2.75) is 19.4 Å². The quantitative estimate of drug-likeness (QED) is 0.424.